The van der Waals surface area contributed by atoms with Gasteiger partial charge in [0.2, 0.25) is 11.8 Å². The van der Waals surface area contributed by atoms with Crippen LogP contribution in [0.3, 0.4) is 0 Å². The van der Waals surface area contributed by atoms with E-state index in [1.807, 2.05) is 44.2 Å². The Morgan fingerprint density at radius 1 is 0.853 bits per heavy atom. The van der Waals surface area contributed by atoms with Crippen molar-refractivity contribution in [3.63, 3.8) is 0 Å². The fraction of sp³-hybridized carbons (Fsp3) is 0.286. The number of nitrogens with zero attached hydrogens (tertiary/aromatic N) is 1. The lowest BCUT2D eigenvalue weighted by Crippen LogP contribution is -2.51. The zero-order chi connectivity index (χ0) is 24.5. The maximum atomic E-state index is 14.5. The van der Waals surface area contributed by atoms with Gasteiger partial charge in [0.25, 0.3) is 0 Å². The number of benzene rings is 3. The number of halogens is 2. The van der Waals surface area contributed by atoms with Gasteiger partial charge in [-0.05, 0) is 35.2 Å². The molecule has 0 heterocycles. The quantitative estimate of drug-likeness (QED) is 0.463. The molecule has 1 N–H and O–H groups in total. The van der Waals surface area contributed by atoms with Gasteiger partial charge in [-0.1, -0.05) is 74.5 Å². The van der Waals surface area contributed by atoms with E-state index < -0.39 is 17.7 Å². The minimum absolute atomic E-state index is 0.0303. The van der Waals surface area contributed by atoms with Gasteiger partial charge in [0, 0.05) is 25.1 Å². The summed E-state index contributed by atoms with van der Waals surface area (Å²) in [4.78, 5) is 28.3. The first-order chi connectivity index (χ1) is 16.3. The van der Waals surface area contributed by atoms with E-state index in [1.54, 1.807) is 30.3 Å². The van der Waals surface area contributed by atoms with E-state index in [-0.39, 0.29) is 37.1 Å². The van der Waals surface area contributed by atoms with Crippen molar-refractivity contribution in [1.29, 1.82) is 0 Å². The van der Waals surface area contributed by atoms with E-state index in [0.717, 1.165) is 5.56 Å². The van der Waals surface area contributed by atoms with E-state index in [2.05, 4.69) is 5.32 Å². The molecule has 0 aliphatic heterocycles. The molecule has 0 aliphatic rings. The molecule has 3 rings (SSSR count). The molecule has 34 heavy (non-hydrogen) atoms. The van der Waals surface area contributed by atoms with Crippen molar-refractivity contribution in [3.05, 3.63) is 107 Å². The molecule has 0 saturated carbocycles. The lowest BCUT2D eigenvalue weighted by Gasteiger charge is -2.32. The number of nitrogens with one attached hydrogen (secondary N) is 1. The molecule has 1 atom stereocenters. The van der Waals surface area contributed by atoms with Gasteiger partial charge < -0.3 is 10.2 Å². The van der Waals surface area contributed by atoms with Gasteiger partial charge >= 0.3 is 0 Å². The molecule has 0 aromatic heterocycles. The average Bonchev–Trinajstić information content (AvgIpc) is 2.83. The SMILES string of the molecule is CC(C)CNC(=O)C(Cc1ccccc1)N(Cc1ccccc1F)C(=O)Cc1ccc(F)cc1. The molecule has 178 valence electrons. The van der Waals surface area contributed by atoms with Crippen molar-refractivity contribution in [2.45, 2.75) is 39.3 Å². The number of hydrogen-bond donors (Lipinski definition) is 1. The smallest absolute Gasteiger partial charge is 0.243 e. The van der Waals surface area contributed by atoms with Crippen LogP contribution in [0.1, 0.15) is 30.5 Å². The van der Waals surface area contributed by atoms with E-state index in [0.29, 0.717) is 17.7 Å². The first-order valence-electron chi connectivity index (χ1n) is 11.4. The molecule has 0 bridgehead atoms. The molecule has 0 radical (unpaired) electrons. The minimum atomic E-state index is -0.839. The predicted octanol–water partition coefficient (Wildman–Crippen LogP) is 4.92. The van der Waals surface area contributed by atoms with Gasteiger partial charge in [0.05, 0.1) is 6.42 Å². The molecular formula is C28H30F2N2O2. The molecule has 2 amide bonds. The topological polar surface area (TPSA) is 49.4 Å². The molecule has 3 aromatic rings. The van der Waals surface area contributed by atoms with Gasteiger partial charge in [-0.15, -0.1) is 0 Å². The molecule has 3 aromatic carbocycles. The van der Waals surface area contributed by atoms with Crippen LogP contribution in [0.2, 0.25) is 0 Å². The molecule has 0 saturated heterocycles. The number of carbonyl (C=O) groups excluding carboxylic acids is 2. The van der Waals surface area contributed by atoms with Crippen LogP contribution >= 0.6 is 0 Å². The van der Waals surface area contributed by atoms with E-state index in [1.165, 1.54) is 23.1 Å². The van der Waals surface area contributed by atoms with E-state index in [9.17, 15) is 18.4 Å². The summed E-state index contributed by atoms with van der Waals surface area (Å²) in [7, 11) is 0. The summed E-state index contributed by atoms with van der Waals surface area (Å²) in [5.74, 6) is -1.23. The van der Waals surface area contributed by atoms with Crippen LogP contribution in [-0.2, 0) is 29.0 Å². The van der Waals surface area contributed by atoms with Crippen LogP contribution in [0, 0.1) is 17.6 Å². The Morgan fingerprint density at radius 3 is 2.15 bits per heavy atom. The Hall–Kier alpha value is -3.54. The zero-order valence-electron chi connectivity index (χ0n) is 19.5. The minimum Gasteiger partial charge on any atom is -0.354 e. The molecule has 0 aliphatic carbocycles. The van der Waals surface area contributed by atoms with Gasteiger partial charge in [-0.2, -0.15) is 0 Å². The fourth-order valence-corrected chi connectivity index (χ4v) is 3.67. The van der Waals surface area contributed by atoms with Crippen LogP contribution in [-0.4, -0.2) is 29.3 Å². The second-order valence-electron chi connectivity index (χ2n) is 8.76. The second kappa shape index (κ2) is 12.1. The van der Waals surface area contributed by atoms with E-state index >= 15 is 0 Å². The first kappa shape index (κ1) is 25.1. The van der Waals surface area contributed by atoms with Crippen molar-refractivity contribution >= 4 is 11.8 Å². The molecule has 4 nitrogen and oxygen atoms in total. The highest BCUT2D eigenvalue weighted by molar-refractivity contribution is 5.88. The van der Waals surface area contributed by atoms with Gasteiger partial charge in [-0.25, -0.2) is 8.78 Å². The van der Waals surface area contributed by atoms with Crippen LogP contribution in [0.25, 0.3) is 0 Å². The summed E-state index contributed by atoms with van der Waals surface area (Å²) in [6.07, 6.45) is 0.256. The molecular weight excluding hydrogens is 434 g/mol. The molecule has 1 unspecified atom stereocenters. The molecule has 6 heteroatoms. The molecule has 0 spiro atoms. The maximum Gasteiger partial charge on any atom is 0.243 e. The number of rotatable bonds is 10. The van der Waals surface area contributed by atoms with Crippen molar-refractivity contribution in [3.8, 4) is 0 Å². The largest absolute Gasteiger partial charge is 0.354 e. The van der Waals surface area contributed by atoms with E-state index in [4.69, 9.17) is 0 Å². The monoisotopic (exact) mass is 464 g/mol. The lowest BCUT2D eigenvalue weighted by atomic mass is 10.0. The summed E-state index contributed by atoms with van der Waals surface area (Å²) < 4.78 is 27.9. The Bertz CT molecular complexity index is 1090. The Morgan fingerprint density at radius 2 is 1.50 bits per heavy atom. The summed E-state index contributed by atoms with van der Waals surface area (Å²) in [6.45, 7) is 4.38. The Balaban J connectivity index is 1.96. The highest BCUT2D eigenvalue weighted by atomic mass is 19.1. The van der Waals surface area contributed by atoms with Crippen LogP contribution in [0.5, 0.6) is 0 Å². The number of amides is 2. The van der Waals surface area contributed by atoms with Gasteiger partial charge in [0.15, 0.2) is 0 Å². The summed E-state index contributed by atoms with van der Waals surface area (Å²) in [5.41, 5.74) is 1.83. The van der Waals surface area contributed by atoms with Crippen molar-refractivity contribution in [2.24, 2.45) is 5.92 Å². The average molecular weight is 465 g/mol. The Kier molecular flexibility index (Phi) is 8.91. The number of carbonyl (C=O) groups is 2. The fourth-order valence-electron chi connectivity index (χ4n) is 3.67. The van der Waals surface area contributed by atoms with Gasteiger partial charge in [0.1, 0.15) is 17.7 Å². The van der Waals surface area contributed by atoms with Crippen molar-refractivity contribution < 1.29 is 18.4 Å². The predicted molar refractivity (Wildman–Crippen MR) is 129 cm³/mol. The standard InChI is InChI=1S/C28H30F2N2O2/c1-20(2)18-31-28(34)26(16-21-8-4-3-5-9-21)32(19-23-10-6-7-11-25(23)30)27(33)17-22-12-14-24(29)15-13-22/h3-15,20,26H,16-19H2,1-2H3,(H,31,34). The molecule has 0 fully saturated rings. The third-order valence-electron chi connectivity index (χ3n) is 5.52. The summed E-state index contributed by atoms with van der Waals surface area (Å²) in [6, 6.07) is 20.5. The third-order valence-corrected chi connectivity index (χ3v) is 5.52. The van der Waals surface area contributed by atoms with Crippen LogP contribution in [0.15, 0.2) is 78.9 Å². The lowest BCUT2D eigenvalue weighted by molar-refractivity contribution is -0.140. The first-order valence-corrected chi connectivity index (χ1v) is 11.4. The highest BCUT2D eigenvalue weighted by Crippen LogP contribution is 2.18. The van der Waals surface area contributed by atoms with Crippen molar-refractivity contribution in [1.82, 2.24) is 10.2 Å². The third kappa shape index (κ3) is 7.24. The normalized spacial score (nSPS) is 11.8. The summed E-state index contributed by atoms with van der Waals surface area (Å²) in [5, 5.41) is 2.93. The van der Waals surface area contributed by atoms with Crippen molar-refractivity contribution in [2.75, 3.05) is 6.54 Å². The Labute approximate surface area is 199 Å². The highest BCUT2D eigenvalue weighted by Gasteiger charge is 2.31. The van der Waals surface area contributed by atoms with Gasteiger partial charge in [-0.3, -0.25) is 9.59 Å². The number of hydrogen-bond acceptors (Lipinski definition) is 2. The maximum absolute atomic E-state index is 14.5. The zero-order valence-corrected chi connectivity index (χ0v) is 19.5. The van der Waals surface area contributed by atoms with Crippen LogP contribution < -0.4 is 5.32 Å². The van der Waals surface area contributed by atoms with Crippen LogP contribution in [0.4, 0.5) is 8.78 Å². The second-order valence-corrected chi connectivity index (χ2v) is 8.76. The summed E-state index contributed by atoms with van der Waals surface area (Å²) >= 11 is 0.